The average molecular weight is 286 g/mol. The van der Waals surface area contributed by atoms with E-state index in [2.05, 4.69) is 35.7 Å². The number of halogens is 1. The van der Waals surface area contributed by atoms with Crippen molar-refractivity contribution in [3.05, 3.63) is 59.7 Å². The van der Waals surface area contributed by atoms with E-state index in [4.69, 9.17) is 11.0 Å². The zero-order chi connectivity index (χ0) is 13.2. The maximum Gasteiger partial charge on any atom is 0.0992 e. The summed E-state index contributed by atoms with van der Waals surface area (Å²) in [5.74, 6) is 0.538. The van der Waals surface area contributed by atoms with Crippen molar-refractivity contribution in [2.45, 2.75) is 18.4 Å². The van der Waals surface area contributed by atoms with E-state index in [1.807, 2.05) is 18.2 Å². The summed E-state index contributed by atoms with van der Waals surface area (Å²) in [4.78, 5) is 0. The monoisotopic (exact) mass is 285 g/mol. The summed E-state index contributed by atoms with van der Waals surface area (Å²) in [6.07, 6.45) is 1.09. The second-order valence-electron chi connectivity index (χ2n) is 4.95. The Labute approximate surface area is 124 Å². The first-order valence-electron chi connectivity index (χ1n) is 6.39. The summed E-state index contributed by atoms with van der Waals surface area (Å²) in [7, 11) is 0. The first-order valence-corrected chi connectivity index (χ1v) is 6.39. The molecule has 1 aliphatic carbocycles. The zero-order valence-electron chi connectivity index (χ0n) is 10.9. The van der Waals surface area contributed by atoms with Gasteiger partial charge in [0.05, 0.1) is 11.6 Å². The number of nitriles is 1. The molecule has 3 N–H and O–H groups in total. The van der Waals surface area contributed by atoms with Gasteiger partial charge in [-0.1, -0.05) is 18.2 Å². The van der Waals surface area contributed by atoms with Crippen LogP contribution < -0.4 is 11.1 Å². The molecule has 1 aliphatic rings. The van der Waals surface area contributed by atoms with Crippen molar-refractivity contribution in [1.82, 2.24) is 0 Å². The van der Waals surface area contributed by atoms with E-state index < -0.39 is 0 Å². The first-order chi connectivity index (χ1) is 9.26. The highest BCUT2D eigenvalue weighted by molar-refractivity contribution is 5.85. The third kappa shape index (κ3) is 3.11. The predicted molar refractivity (Wildman–Crippen MR) is 83.5 cm³/mol. The number of nitrogens with two attached hydrogens (primary N) is 1. The third-order valence-corrected chi connectivity index (χ3v) is 3.46. The van der Waals surface area contributed by atoms with Gasteiger partial charge in [-0.15, -0.1) is 12.4 Å². The van der Waals surface area contributed by atoms with Crippen LogP contribution in [0.5, 0.6) is 0 Å². The van der Waals surface area contributed by atoms with Gasteiger partial charge in [0.15, 0.2) is 0 Å². The summed E-state index contributed by atoms with van der Waals surface area (Å²) in [6.45, 7) is 0. The number of hydrogen-bond acceptors (Lipinski definition) is 3. The normalized spacial score (nSPS) is 19.6. The highest BCUT2D eigenvalue weighted by atomic mass is 35.5. The van der Waals surface area contributed by atoms with Gasteiger partial charge in [-0.25, -0.2) is 0 Å². The van der Waals surface area contributed by atoms with Crippen LogP contribution in [-0.4, -0.2) is 6.04 Å². The smallest absolute Gasteiger partial charge is 0.0992 e. The molecule has 3 rings (SSSR count). The van der Waals surface area contributed by atoms with E-state index in [0.29, 0.717) is 17.5 Å². The van der Waals surface area contributed by atoms with Gasteiger partial charge < -0.3 is 11.1 Å². The van der Waals surface area contributed by atoms with Gasteiger partial charge in [0.25, 0.3) is 0 Å². The van der Waals surface area contributed by atoms with Crippen molar-refractivity contribution in [2.75, 3.05) is 5.32 Å². The topological polar surface area (TPSA) is 61.8 Å². The number of hydrogen-bond donors (Lipinski definition) is 2. The lowest BCUT2D eigenvalue weighted by Gasteiger charge is -2.07. The lowest BCUT2D eigenvalue weighted by molar-refractivity contribution is 0.991. The molecule has 3 nitrogen and oxygen atoms in total. The number of nitrogens with one attached hydrogen (secondary N) is 1. The number of anilines is 2. The molecule has 0 aliphatic heterocycles. The highest BCUT2D eigenvalue weighted by Gasteiger charge is 2.34. The summed E-state index contributed by atoms with van der Waals surface area (Å²) < 4.78 is 0. The first kappa shape index (κ1) is 14.4. The van der Waals surface area contributed by atoms with Crippen LogP contribution in [0.4, 0.5) is 11.4 Å². The van der Waals surface area contributed by atoms with E-state index in [1.54, 1.807) is 6.07 Å². The van der Waals surface area contributed by atoms with E-state index >= 15 is 0 Å². The minimum Gasteiger partial charge on any atom is -0.355 e. The Morgan fingerprint density at radius 1 is 1.10 bits per heavy atom. The Morgan fingerprint density at radius 2 is 1.80 bits per heavy atom. The van der Waals surface area contributed by atoms with Crippen LogP contribution in [0.15, 0.2) is 48.5 Å². The van der Waals surface area contributed by atoms with Gasteiger partial charge in [-0.2, -0.15) is 5.26 Å². The summed E-state index contributed by atoms with van der Waals surface area (Å²) in [6, 6.07) is 18.3. The molecule has 20 heavy (non-hydrogen) atoms. The highest BCUT2D eigenvalue weighted by Crippen LogP contribution is 2.39. The molecule has 0 amide bonds. The molecule has 0 saturated heterocycles. The molecule has 2 aromatic carbocycles. The molecular formula is C16H16ClN3. The lowest BCUT2D eigenvalue weighted by Crippen LogP contribution is -2.00. The minimum absolute atomic E-state index is 0. The van der Waals surface area contributed by atoms with Crippen molar-refractivity contribution >= 4 is 23.8 Å². The molecular weight excluding hydrogens is 270 g/mol. The van der Waals surface area contributed by atoms with Crippen LogP contribution in [0.1, 0.15) is 23.5 Å². The van der Waals surface area contributed by atoms with Crippen LogP contribution in [0.2, 0.25) is 0 Å². The van der Waals surface area contributed by atoms with E-state index in [9.17, 15) is 0 Å². The molecule has 102 valence electrons. The molecule has 0 aromatic heterocycles. The Morgan fingerprint density at radius 3 is 2.40 bits per heavy atom. The maximum atomic E-state index is 8.87. The van der Waals surface area contributed by atoms with E-state index in [1.165, 1.54) is 5.56 Å². The molecule has 1 fully saturated rings. The SMILES string of the molecule is Cl.N#Cc1cccc(Nc2ccc([C@H]3C[C@@H]3N)cc2)c1. The minimum atomic E-state index is 0. The fraction of sp³-hybridized carbons (Fsp3) is 0.188. The Kier molecular flexibility index (Phi) is 4.29. The van der Waals surface area contributed by atoms with Crippen LogP contribution in [-0.2, 0) is 0 Å². The Balaban J connectivity index is 0.00000147. The molecule has 2 aromatic rings. The van der Waals surface area contributed by atoms with Crippen LogP contribution in [0.25, 0.3) is 0 Å². The van der Waals surface area contributed by atoms with E-state index in [0.717, 1.165) is 17.8 Å². The van der Waals surface area contributed by atoms with Gasteiger partial charge in [-0.05, 0) is 42.3 Å². The fourth-order valence-corrected chi connectivity index (χ4v) is 2.24. The van der Waals surface area contributed by atoms with Crippen LogP contribution in [0, 0.1) is 11.3 Å². The molecule has 0 spiro atoms. The molecule has 0 bridgehead atoms. The van der Waals surface area contributed by atoms with E-state index in [-0.39, 0.29) is 12.4 Å². The number of benzene rings is 2. The second kappa shape index (κ2) is 5.96. The second-order valence-corrected chi connectivity index (χ2v) is 4.95. The van der Waals surface area contributed by atoms with Gasteiger partial charge >= 0.3 is 0 Å². The molecule has 1 saturated carbocycles. The van der Waals surface area contributed by atoms with Gasteiger partial charge in [-0.3, -0.25) is 0 Å². The Bertz CT molecular complexity index is 631. The molecule has 0 heterocycles. The summed E-state index contributed by atoms with van der Waals surface area (Å²) in [5.41, 5.74) is 9.76. The quantitative estimate of drug-likeness (QED) is 0.907. The van der Waals surface area contributed by atoms with Crippen molar-refractivity contribution in [2.24, 2.45) is 5.73 Å². The molecule has 4 heteroatoms. The molecule has 0 unspecified atom stereocenters. The van der Waals surface area contributed by atoms with Crippen molar-refractivity contribution in [3.63, 3.8) is 0 Å². The maximum absolute atomic E-state index is 8.87. The zero-order valence-corrected chi connectivity index (χ0v) is 11.7. The fourth-order valence-electron chi connectivity index (χ4n) is 2.24. The van der Waals surface area contributed by atoms with Gasteiger partial charge in [0.2, 0.25) is 0 Å². The van der Waals surface area contributed by atoms with Gasteiger partial charge in [0, 0.05) is 23.3 Å². The van der Waals surface area contributed by atoms with Crippen molar-refractivity contribution in [3.8, 4) is 6.07 Å². The number of nitrogens with zero attached hydrogens (tertiary/aromatic N) is 1. The summed E-state index contributed by atoms with van der Waals surface area (Å²) >= 11 is 0. The lowest BCUT2D eigenvalue weighted by atomic mass is 10.1. The summed E-state index contributed by atoms with van der Waals surface area (Å²) in [5, 5.41) is 12.2. The van der Waals surface area contributed by atoms with Crippen LogP contribution >= 0.6 is 12.4 Å². The Hall–Kier alpha value is -2.02. The predicted octanol–water partition coefficient (Wildman–Crippen LogP) is 3.54. The third-order valence-electron chi connectivity index (χ3n) is 3.46. The largest absolute Gasteiger partial charge is 0.355 e. The van der Waals surface area contributed by atoms with Crippen molar-refractivity contribution < 1.29 is 0 Å². The average Bonchev–Trinajstić information content (AvgIpc) is 3.17. The van der Waals surface area contributed by atoms with Crippen LogP contribution in [0.3, 0.4) is 0 Å². The number of rotatable bonds is 3. The molecule has 0 radical (unpaired) electrons. The standard InChI is InChI=1S/C16H15N3.ClH/c17-10-11-2-1-3-14(8-11)19-13-6-4-12(5-7-13)15-9-16(15)18;/h1-8,15-16,19H,9,18H2;1H/t15-,16+;/m1./s1. The molecule has 2 atom stereocenters. The van der Waals surface area contributed by atoms with Crippen molar-refractivity contribution in [1.29, 1.82) is 5.26 Å². The van der Waals surface area contributed by atoms with Gasteiger partial charge in [0.1, 0.15) is 0 Å².